The molecule has 4 heteroatoms. The van der Waals surface area contributed by atoms with Crippen LogP contribution in [0.2, 0.25) is 0 Å². The van der Waals surface area contributed by atoms with E-state index in [1.54, 1.807) is 18.2 Å². The highest BCUT2D eigenvalue weighted by Gasteiger charge is 2.08. The van der Waals surface area contributed by atoms with Crippen molar-refractivity contribution in [2.45, 2.75) is 0 Å². The van der Waals surface area contributed by atoms with Gasteiger partial charge in [-0.2, -0.15) is 5.26 Å². The molecule has 0 amide bonds. The monoisotopic (exact) mass is 346 g/mol. The minimum absolute atomic E-state index is 0.582. The molecule has 0 N–H and O–H groups in total. The first-order chi connectivity index (χ1) is 8.76. The summed E-state index contributed by atoms with van der Waals surface area (Å²) in [4.78, 5) is 4.41. The molecule has 0 saturated heterocycles. The van der Waals surface area contributed by atoms with E-state index in [0.717, 1.165) is 9.13 Å². The van der Waals surface area contributed by atoms with Gasteiger partial charge in [0, 0.05) is 9.13 Å². The van der Waals surface area contributed by atoms with E-state index in [4.69, 9.17) is 9.68 Å². The lowest BCUT2D eigenvalue weighted by Gasteiger charge is -1.94. The summed E-state index contributed by atoms with van der Waals surface area (Å²) in [5.74, 6) is 0.582. The van der Waals surface area contributed by atoms with E-state index in [2.05, 4.69) is 33.6 Å². The van der Waals surface area contributed by atoms with Crippen LogP contribution in [0.3, 0.4) is 0 Å². The van der Waals surface area contributed by atoms with Gasteiger partial charge in [-0.1, -0.05) is 6.07 Å². The maximum Gasteiger partial charge on any atom is 0.227 e. The van der Waals surface area contributed by atoms with Gasteiger partial charge in [0.25, 0.3) is 0 Å². The fraction of sp³-hybridized carbons (Fsp3) is 0. The molecule has 3 aromatic rings. The van der Waals surface area contributed by atoms with Crippen LogP contribution in [0, 0.1) is 14.9 Å². The lowest BCUT2D eigenvalue weighted by atomic mass is 10.2. The molecule has 0 unspecified atom stereocenters. The average molecular weight is 346 g/mol. The van der Waals surface area contributed by atoms with Crippen molar-refractivity contribution in [3.63, 3.8) is 0 Å². The molecule has 0 bridgehead atoms. The van der Waals surface area contributed by atoms with Gasteiger partial charge in [0.1, 0.15) is 5.52 Å². The van der Waals surface area contributed by atoms with Crippen molar-refractivity contribution >= 4 is 33.7 Å². The van der Waals surface area contributed by atoms with Crippen LogP contribution in [0.1, 0.15) is 5.56 Å². The summed E-state index contributed by atoms with van der Waals surface area (Å²) in [5.41, 5.74) is 2.94. The summed E-state index contributed by atoms with van der Waals surface area (Å²) in [6, 6.07) is 15.3. The van der Waals surface area contributed by atoms with Crippen molar-refractivity contribution in [2.75, 3.05) is 0 Å². The fourth-order valence-electron chi connectivity index (χ4n) is 1.74. The molecular weight excluding hydrogens is 339 g/mol. The van der Waals surface area contributed by atoms with Gasteiger partial charge in [-0.15, -0.1) is 0 Å². The highest BCUT2D eigenvalue weighted by atomic mass is 127. The van der Waals surface area contributed by atoms with E-state index in [-0.39, 0.29) is 0 Å². The molecule has 3 nitrogen and oxygen atoms in total. The molecular formula is C14H7IN2O. The van der Waals surface area contributed by atoms with Crippen LogP contribution < -0.4 is 0 Å². The van der Waals surface area contributed by atoms with Gasteiger partial charge in [0.2, 0.25) is 5.89 Å². The molecule has 0 atom stereocenters. The Bertz CT molecular complexity index is 771. The first-order valence-corrected chi connectivity index (χ1v) is 6.41. The zero-order valence-electron chi connectivity index (χ0n) is 9.22. The third kappa shape index (κ3) is 1.97. The SMILES string of the molecule is N#Cc1ccc2oc(-c3cccc(I)c3)nc2c1. The number of rotatable bonds is 1. The fourth-order valence-corrected chi connectivity index (χ4v) is 2.29. The Hall–Kier alpha value is -1.87. The normalized spacial score (nSPS) is 10.4. The standard InChI is InChI=1S/C14H7IN2O/c15-11-3-1-2-10(7-11)14-17-12-6-9(8-16)4-5-13(12)18-14/h1-7H. The van der Waals surface area contributed by atoms with Gasteiger partial charge in [0.15, 0.2) is 5.58 Å². The Labute approximate surface area is 117 Å². The molecule has 0 fully saturated rings. The second-order valence-corrected chi connectivity index (χ2v) is 5.07. The van der Waals surface area contributed by atoms with Crippen molar-refractivity contribution in [3.8, 4) is 17.5 Å². The Morgan fingerprint density at radius 1 is 1.17 bits per heavy atom. The Balaban J connectivity index is 2.17. The largest absolute Gasteiger partial charge is 0.436 e. The summed E-state index contributed by atoms with van der Waals surface area (Å²) in [5, 5.41) is 8.85. The lowest BCUT2D eigenvalue weighted by molar-refractivity contribution is 0.620. The number of halogens is 1. The summed E-state index contributed by atoms with van der Waals surface area (Å²) < 4.78 is 6.81. The minimum atomic E-state index is 0.582. The van der Waals surface area contributed by atoms with E-state index in [1.807, 2.05) is 24.3 Å². The molecule has 0 spiro atoms. The van der Waals surface area contributed by atoms with E-state index >= 15 is 0 Å². The van der Waals surface area contributed by atoms with Crippen LogP contribution >= 0.6 is 22.6 Å². The quantitative estimate of drug-likeness (QED) is 0.627. The van der Waals surface area contributed by atoms with Crippen molar-refractivity contribution in [2.24, 2.45) is 0 Å². The molecule has 0 aliphatic rings. The summed E-state index contributed by atoms with van der Waals surface area (Å²) in [7, 11) is 0. The maximum atomic E-state index is 8.85. The van der Waals surface area contributed by atoms with Gasteiger partial charge in [0.05, 0.1) is 11.6 Å². The maximum absolute atomic E-state index is 8.85. The Kier molecular flexibility index (Phi) is 2.76. The van der Waals surface area contributed by atoms with Gasteiger partial charge >= 0.3 is 0 Å². The molecule has 18 heavy (non-hydrogen) atoms. The van der Waals surface area contributed by atoms with Crippen LogP contribution in [-0.4, -0.2) is 4.98 Å². The Morgan fingerprint density at radius 3 is 2.83 bits per heavy atom. The van der Waals surface area contributed by atoms with Crippen molar-refractivity contribution in [1.29, 1.82) is 5.26 Å². The highest BCUT2D eigenvalue weighted by molar-refractivity contribution is 14.1. The first-order valence-electron chi connectivity index (χ1n) is 5.33. The van der Waals surface area contributed by atoms with Crippen molar-refractivity contribution in [3.05, 3.63) is 51.6 Å². The number of hydrogen-bond acceptors (Lipinski definition) is 3. The van der Waals surface area contributed by atoms with Gasteiger partial charge < -0.3 is 4.42 Å². The average Bonchev–Trinajstić information content (AvgIpc) is 2.81. The van der Waals surface area contributed by atoms with E-state index in [9.17, 15) is 0 Å². The molecule has 0 saturated carbocycles. The molecule has 1 aromatic heterocycles. The second-order valence-electron chi connectivity index (χ2n) is 3.82. The molecule has 0 radical (unpaired) electrons. The number of nitriles is 1. The van der Waals surface area contributed by atoms with E-state index in [0.29, 0.717) is 22.6 Å². The number of benzene rings is 2. The van der Waals surface area contributed by atoms with Gasteiger partial charge in [-0.25, -0.2) is 4.98 Å². The predicted molar refractivity (Wildman–Crippen MR) is 76.9 cm³/mol. The minimum Gasteiger partial charge on any atom is -0.436 e. The third-order valence-corrected chi connectivity index (χ3v) is 3.26. The van der Waals surface area contributed by atoms with Gasteiger partial charge in [-0.05, 0) is 59.0 Å². The predicted octanol–water partition coefficient (Wildman–Crippen LogP) is 3.97. The van der Waals surface area contributed by atoms with Gasteiger partial charge in [-0.3, -0.25) is 0 Å². The number of aromatic nitrogens is 1. The molecule has 3 rings (SSSR count). The molecule has 1 heterocycles. The van der Waals surface area contributed by atoms with Crippen LogP contribution in [0.25, 0.3) is 22.6 Å². The molecule has 86 valence electrons. The molecule has 0 aliphatic heterocycles. The van der Waals surface area contributed by atoms with Crippen LogP contribution in [0.15, 0.2) is 46.9 Å². The summed E-state index contributed by atoms with van der Waals surface area (Å²) >= 11 is 2.25. The second kappa shape index (κ2) is 4.42. The third-order valence-electron chi connectivity index (χ3n) is 2.59. The molecule has 2 aromatic carbocycles. The zero-order chi connectivity index (χ0) is 12.5. The topological polar surface area (TPSA) is 49.8 Å². The number of hydrogen-bond donors (Lipinski definition) is 0. The first kappa shape index (κ1) is 11.2. The smallest absolute Gasteiger partial charge is 0.227 e. The lowest BCUT2D eigenvalue weighted by Crippen LogP contribution is -1.78. The highest BCUT2D eigenvalue weighted by Crippen LogP contribution is 2.25. The van der Waals surface area contributed by atoms with Crippen molar-refractivity contribution in [1.82, 2.24) is 4.98 Å². The zero-order valence-corrected chi connectivity index (χ0v) is 11.4. The van der Waals surface area contributed by atoms with Crippen LogP contribution in [-0.2, 0) is 0 Å². The number of nitrogens with zero attached hydrogens (tertiary/aromatic N) is 2. The number of fused-ring (bicyclic) bond motifs is 1. The van der Waals surface area contributed by atoms with Crippen molar-refractivity contribution < 1.29 is 4.42 Å². The van der Waals surface area contributed by atoms with E-state index in [1.165, 1.54) is 0 Å². The Morgan fingerprint density at radius 2 is 2.06 bits per heavy atom. The van der Waals surface area contributed by atoms with Crippen LogP contribution in [0.4, 0.5) is 0 Å². The summed E-state index contributed by atoms with van der Waals surface area (Å²) in [6.07, 6.45) is 0. The van der Waals surface area contributed by atoms with E-state index < -0.39 is 0 Å². The van der Waals surface area contributed by atoms with Crippen LogP contribution in [0.5, 0.6) is 0 Å². The molecule has 0 aliphatic carbocycles. The number of oxazole rings is 1. The summed E-state index contributed by atoms with van der Waals surface area (Å²) in [6.45, 7) is 0.